The van der Waals surface area contributed by atoms with Gasteiger partial charge < -0.3 is 5.73 Å². The lowest BCUT2D eigenvalue weighted by atomic mass is 10.1. The maximum Gasteiger partial charge on any atom is 0.0221 e. The summed E-state index contributed by atoms with van der Waals surface area (Å²) < 4.78 is 0. The largest absolute Gasteiger partial charge is 0.329 e. The molecule has 0 saturated heterocycles. The molecule has 102 valence electrons. The summed E-state index contributed by atoms with van der Waals surface area (Å²) in [5, 5.41) is 0. The average Bonchev–Trinajstić information content (AvgIpc) is 3.16. The van der Waals surface area contributed by atoms with E-state index < -0.39 is 0 Å². The number of hydrogen-bond donors (Lipinski definition) is 1. The molecule has 0 radical (unpaired) electrons. The normalized spacial score (nSPS) is 17.6. The van der Waals surface area contributed by atoms with Gasteiger partial charge in [-0.3, -0.25) is 4.90 Å². The van der Waals surface area contributed by atoms with E-state index in [4.69, 9.17) is 5.73 Å². The molecule has 0 bridgehead atoms. The molecule has 0 aromatic heterocycles. The van der Waals surface area contributed by atoms with Crippen LogP contribution in [0.1, 0.15) is 71.6 Å². The number of hydrogen-bond acceptors (Lipinski definition) is 2. The Morgan fingerprint density at radius 3 is 2.29 bits per heavy atom. The lowest BCUT2D eigenvalue weighted by Crippen LogP contribution is -2.42. The van der Waals surface area contributed by atoms with E-state index >= 15 is 0 Å². The number of rotatable bonds is 11. The molecule has 1 fully saturated rings. The molecule has 0 aliphatic heterocycles. The van der Waals surface area contributed by atoms with Crippen molar-refractivity contribution in [2.45, 2.75) is 83.7 Å². The molecule has 1 unspecified atom stereocenters. The Balaban J connectivity index is 2.27. The smallest absolute Gasteiger partial charge is 0.0221 e. The second-order valence-corrected chi connectivity index (χ2v) is 5.56. The minimum absolute atomic E-state index is 0.658. The van der Waals surface area contributed by atoms with Crippen LogP contribution in [0.3, 0.4) is 0 Å². The monoisotopic (exact) mass is 240 g/mol. The summed E-state index contributed by atoms with van der Waals surface area (Å²) in [6.07, 6.45) is 12.2. The third-order valence-electron chi connectivity index (χ3n) is 3.92. The Hall–Kier alpha value is -0.0800. The molecule has 2 N–H and O–H groups in total. The maximum absolute atomic E-state index is 5.98. The van der Waals surface area contributed by atoms with E-state index in [9.17, 15) is 0 Å². The molecule has 1 rings (SSSR count). The molecule has 2 heteroatoms. The summed E-state index contributed by atoms with van der Waals surface area (Å²) in [5.74, 6) is 0. The molecule has 1 aliphatic carbocycles. The van der Waals surface area contributed by atoms with Gasteiger partial charge in [0.1, 0.15) is 0 Å². The zero-order valence-corrected chi connectivity index (χ0v) is 12.0. The standard InChI is InChI=1S/C15H32N2/c1-3-5-7-8-9-15(13-16)17(12-6-4-2)14-10-11-14/h14-15H,3-13,16H2,1-2H3. The molecule has 0 spiro atoms. The summed E-state index contributed by atoms with van der Waals surface area (Å²) >= 11 is 0. The van der Waals surface area contributed by atoms with Crippen molar-refractivity contribution < 1.29 is 0 Å². The average molecular weight is 240 g/mol. The Bertz CT molecular complexity index is 178. The van der Waals surface area contributed by atoms with Crippen LogP contribution >= 0.6 is 0 Å². The van der Waals surface area contributed by atoms with Crippen LogP contribution < -0.4 is 5.73 Å². The molecule has 2 nitrogen and oxygen atoms in total. The van der Waals surface area contributed by atoms with Crippen molar-refractivity contribution in [2.24, 2.45) is 5.73 Å². The first-order chi connectivity index (χ1) is 8.33. The van der Waals surface area contributed by atoms with Crippen LogP contribution in [0, 0.1) is 0 Å². The van der Waals surface area contributed by atoms with Crippen molar-refractivity contribution in [1.29, 1.82) is 0 Å². The van der Waals surface area contributed by atoms with Gasteiger partial charge in [-0.15, -0.1) is 0 Å². The van der Waals surface area contributed by atoms with Gasteiger partial charge in [0, 0.05) is 18.6 Å². The summed E-state index contributed by atoms with van der Waals surface area (Å²) in [4.78, 5) is 2.72. The molecule has 1 aliphatic rings. The van der Waals surface area contributed by atoms with E-state index in [-0.39, 0.29) is 0 Å². The second kappa shape index (κ2) is 8.93. The fourth-order valence-electron chi connectivity index (χ4n) is 2.64. The highest BCUT2D eigenvalue weighted by Gasteiger charge is 2.32. The van der Waals surface area contributed by atoms with E-state index in [0.717, 1.165) is 12.6 Å². The number of nitrogens with two attached hydrogens (primary N) is 1. The number of unbranched alkanes of at least 4 members (excludes halogenated alkanes) is 4. The molecular formula is C15H32N2. The van der Waals surface area contributed by atoms with Crippen molar-refractivity contribution in [1.82, 2.24) is 4.90 Å². The highest BCUT2D eigenvalue weighted by molar-refractivity contribution is 4.89. The Labute approximate surface area is 108 Å². The van der Waals surface area contributed by atoms with Gasteiger partial charge in [-0.25, -0.2) is 0 Å². The molecule has 0 aromatic rings. The van der Waals surface area contributed by atoms with E-state index in [0.29, 0.717) is 6.04 Å². The lowest BCUT2D eigenvalue weighted by molar-refractivity contribution is 0.175. The minimum Gasteiger partial charge on any atom is -0.329 e. The summed E-state index contributed by atoms with van der Waals surface area (Å²) in [6, 6.07) is 1.53. The molecule has 0 amide bonds. The number of nitrogens with zero attached hydrogens (tertiary/aromatic N) is 1. The van der Waals surface area contributed by atoms with Crippen molar-refractivity contribution in [3.8, 4) is 0 Å². The van der Waals surface area contributed by atoms with Crippen LogP contribution in [0.25, 0.3) is 0 Å². The molecule has 0 heterocycles. The molecule has 0 aromatic carbocycles. The fourth-order valence-corrected chi connectivity index (χ4v) is 2.64. The van der Waals surface area contributed by atoms with Gasteiger partial charge in [-0.1, -0.05) is 46.0 Å². The summed E-state index contributed by atoms with van der Waals surface area (Å²) in [7, 11) is 0. The Morgan fingerprint density at radius 2 is 1.76 bits per heavy atom. The Kier molecular flexibility index (Phi) is 7.87. The maximum atomic E-state index is 5.98. The van der Waals surface area contributed by atoms with Crippen LogP contribution in [-0.2, 0) is 0 Å². The summed E-state index contributed by atoms with van der Waals surface area (Å²) in [6.45, 7) is 6.69. The highest BCUT2D eigenvalue weighted by Crippen LogP contribution is 2.30. The van der Waals surface area contributed by atoms with Gasteiger partial charge in [0.15, 0.2) is 0 Å². The molecule has 17 heavy (non-hydrogen) atoms. The first-order valence-corrected chi connectivity index (χ1v) is 7.79. The fraction of sp³-hybridized carbons (Fsp3) is 1.00. The van der Waals surface area contributed by atoms with Gasteiger partial charge >= 0.3 is 0 Å². The summed E-state index contributed by atoms with van der Waals surface area (Å²) in [5.41, 5.74) is 5.98. The van der Waals surface area contributed by atoms with Crippen LogP contribution in [0.5, 0.6) is 0 Å². The van der Waals surface area contributed by atoms with Gasteiger partial charge in [0.25, 0.3) is 0 Å². The quantitative estimate of drug-likeness (QED) is 0.560. The molecular weight excluding hydrogens is 208 g/mol. The van der Waals surface area contributed by atoms with Crippen molar-refractivity contribution in [3.05, 3.63) is 0 Å². The minimum atomic E-state index is 0.658. The van der Waals surface area contributed by atoms with E-state index in [1.165, 1.54) is 64.3 Å². The van der Waals surface area contributed by atoms with Crippen LogP contribution in [0.4, 0.5) is 0 Å². The molecule has 1 saturated carbocycles. The van der Waals surface area contributed by atoms with Crippen LogP contribution in [0.15, 0.2) is 0 Å². The van der Waals surface area contributed by atoms with Crippen molar-refractivity contribution in [3.63, 3.8) is 0 Å². The van der Waals surface area contributed by atoms with Crippen molar-refractivity contribution in [2.75, 3.05) is 13.1 Å². The second-order valence-electron chi connectivity index (χ2n) is 5.56. The third kappa shape index (κ3) is 5.87. The lowest BCUT2D eigenvalue weighted by Gasteiger charge is -2.31. The van der Waals surface area contributed by atoms with Gasteiger partial charge in [-0.05, 0) is 32.2 Å². The van der Waals surface area contributed by atoms with Crippen LogP contribution in [-0.4, -0.2) is 30.1 Å². The first kappa shape index (κ1) is 15.0. The van der Waals surface area contributed by atoms with Crippen LogP contribution in [0.2, 0.25) is 0 Å². The Morgan fingerprint density at radius 1 is 1.06 bits per heavy atom. The molecule has 1 atom stereocenters. The van der Waals surface area contributed by atoms with E-state index in [2.05, 4.69) is 18.7 Å². The van der Waals surface area contributed by atoms with Gasteiger partial charge in [-0.2, -0.15) is 0 Å². The zero-order valence-electron chi connectivity index (χ0n) is 12.0. The predicted octanol–water partition coefficient (Wildman–Crippen LogP) is 3.55. The van der Waals surface area contributed by atoms with E-state index in [1.54, 1.807) is 0 Å². The highest BCUT2D eigenvalue weighted by atomic mass is 15.2. The SMILES string of the molecule is CCCCCCC(CN)N(CCCC)C1CC1. The topological polar surface area (TPSA) is 29.3 Å². The third-order valence-corrected chi connectivity index (χ3v) is 3.92. The first-order valence-electron chi connectivity index (χ1n) is 7.79. The zero-order chi connectivity index (χ0) is 12.5. The predicted molar refractivity (Wildman–Crippen MR) is 76.2 cm³/mol. The van der Waals surface area contributed by atoms with Crippen molar-refractivity contribution >= 4 is 0 Å². The van der Waals surface area contributed by atoms with E-state index in [1.807, 2.05) is 0 Å². The van der Waals surface area contributed by atoms with Gasteiger partial charge in [0.2, 0.25) is 0 Å². The van der Waals surface area contributed by atoms with Gasteiger partial charge in [0.05, 0.1) is 0 Å².